The van der Waals surface area contributed by atoms with Crippen molar-refractivity contribution in [2.24, 2.45) is 5.73 Å². The number of nitrogens with one attached hydrogen (secondary N) is 2. The number of carboxylic acid groups (broad SMARTS) is 1. The molecule has 0 radical (unpaired) electrons. The van der Waals surface area contributed by atoms with Gasteiger partial charge in [-0.1, -0.05) is 36.4 Å². The highest BCUT2D eigenvalue weighted by molar-refractivity contribution is 7.91. The molecular formula is C25H30N6O6S. The highest BCUT2D eigenvalue weighted by Crippen LogP contribution is 2.35. The number of carboxylic acids is 1. The number of primary amides is 1. The number of benzene rings is 2. The molecule has 1 amide bonds. The molecule has 3 aromatic rings. The van der Waals surface area contributed by atoms with Crippen LogP contribution < -0.4 is 26.0 Å². The second-order valence-electron chi connectivity index (χ2n) is 8.33. The van der Waals surface area contributed by atoms with E-state index < -0.39 is 33.3 Å². The summed E-state index contributed by atoms with van der Waals surface area (Å²) in [6.45, 7) is 6.35. The number of nitrogens with zero attached hydrogens (tertiary/aromatic N) is 3. The molecule has 1 unspecified atom stereocenters. The van der Waals surface area contributed by atoms with Crippen molar-refractivity contribution in [3.8, 4) is 5.75 Å². The lowest BCUT2D eigenvalue weighted by atomic mass is 9.91. The van der Waals surface area contributed by atoms with Crippen molar-refractivity contribution in [2.75, 3.05) is 34.5 Å². The van der Waals surface area contributed by atoms with Crippen LogP contribution in [0.4, 0.5) is 22.2 Å². The van der Waals surface area contributed by atoms with Crippen LogP contribution >= 0.6 is 0 Å². The molecule has 2 aromatic carbocycles. The Balaban J connectivity index is 2.07. The minimum atomic E-state index is -3.74. The average molecular weight is 543 g/mol. The molecule has 0 aliphatic carbocycles. The number of rotatable bonds is 12. The average Bonchev–Trinajstić information content (AvgIpc) is 2.89. The van der Waals surface area contributed by atoms with Crippen LogP contribution in [-0.2, 0) is 20.2 Å². The van der Waals surface area contributed by atoms with Crippen molar-refractivity contribution in [2.45, 2.75) is 31.2 Å². The third-order valence-electron chi connectivity index (χ3n) is 5.81. The van der Waals surface area contributed by atoms with Crippen LogP contribution in [0.15, 0.2) is 65.7 Å². The van der Waals surface area contributed by atoms with E-state index >= 15 is 0 Å². The number of aromatic nitrogens is 2. The Kier molecular flexibility index (Phi) is 8.73. The van der Waals surface area contributed by atoms with Crippen LogP contribution in [0.5, 0.6) is 5.75 Å². The lowest BCUT2D eigenvalue weighted by Gasteiger charge is -2.30. The van der Waals surface area contributed by atoms with Crippen LogP contribution in [0.1, 0.15) is 26.3 Å². The van der Waals surface area contributed by atoms with Gasteiger partial charge in [0.15, 0.2) is 21.2 Å². The first-order valence-corrected chi connectivity index (χ1v) is 13.4. The van der Waals surface area contributed by atoms with E-state index in [1.54, 1.807) is 30.3 Å². The van der Waals surface area contributed by atoms with Crippen molar-refractivity contribution in [1.29, 1.82) is 0 Å². The van der Waals surface area contributed by atoms with Crippen LogP contribution in [-0.4, -0.2) is 54.5 Å². The highest BCUT2D eigenvalue weighted by Gasteiger charge is 2.39. The molecule has 13 heteroatoms. The van der Waals surface area contributed by atoms with E-state index in [2.05, 4.69) is 20.6 Å². The first-order valence-electron chi connectivity index (χ1n) is 11.7. The topological polar surface area (TPSA) is 177 Å². The minimum absolute atomic E-state index is 0.0314. The molecule has 1 aromatic heterocycles. The highest BCUT2D eigenvalue weighted by atomic mass is 32.2. The van der Waals surface area contributed by atoms with Crippen molar-refractivity contribution in [3.05, 3.63) is 66.4 Å². The summed E-state index contributed by atoms with van der Waals surface area (Å²) in [5.41, 5.74) is 3.55. The summed E-state index contributed by atoms with van der Waals surface area (Å²) in [5, 5.41) is 16.0. The Hall–Kier alpha value is -4.39. The van der Waals surface area contributed by atoms with E-state index in [0.717, 1.165) is 0 Å². The zero-order valence-corrected chi connectivity index (χ0v) is 22.0. The third-order valence-corrected chi connectivity index (χ3v) is 7.32. The van der Waals surface area contributed by atoms with Gasteiger partial charge in [-0.3, -0.25) is 0 Å². The summed E-state index contributed by atoms with van der Waals surface area (Å²) in [7, 11) is -3.74. The third kappa shape index (κ3) is 6.29. The first-order chi connectivity index (χ1) is 18.0. The number of carbonyl (C=O) groups excluding carboxylic acids is 1. The van der Waals surface area contributed by atoms with Gasteiger partial charge in [-0.15, -0.1) is 0 Å². The van der Waals surface area contributed by atoms with Crippen molar-refractivity contribution >= 4 is 39.4 Å². The van der Waals surface area contributed by atoms with Crippen LogP contribution in [0, 0.1) is 0 Å². The summed E-state index contributed by atoms with van der Waals surface area (Å²) in [6, 6.07) is 13.9. The van der Waals surface area contributed by atoms with Gasteiger partial charge in [0.25, 0.3) is 0 Å². The number of carbonyl (C=O) groups is 2. The molecule has 1 heterocycles. The summed E-state index contributed by atoms with van der Waals surface area (Å²) >= 11 is 0. The lowest BCUT2D eigenvalue weighted by Crippen LogP contribution is -2.42. The Bertz CT molecular complexity index is 1400. The number of sulfone groups is 1. The molecule has 202 valence electrons. The van der Waals surface area contributed by atoms with Gasteiger partial charge >= 0.3 is 12.1 Å². The Labute approximate surface area is 220 Å². The molecule has 12 nitrogen and oxygen atoms in total. The molecule has 5 N–H and O–H groups in total. The van der Waals surface area contributed by atoms with Gasteiger partial charge in [-0.2, -0.15) is 4.98 Å². The molecule has 0 spiro atoms. The predicted octanol–water partition coefficient (Wildman–Crippen LogP) is 3.04. The van der Waals surface area contributed by atoms with Gasteiger partial charge in [0.1, 0.15) is 11.6 Å². The number of ether oxygens (including phenoxy) is 1. The smallest absolute Gasteiger partial charge is 0.409 e. The van der Waals surface area contributed by atoms with Crippen LogP contribution in [0.2, 0.25) is 0 Å². The summed E-state index contributed by atoms with van der Waals surface area (Å²) in [5.74, 6) is -1.53. The van der Waals surface area contributed by atoms with Crippen LogP contribution in [0.3, 0.4) is 0 Å². The number of hydrogen-bond acceptors (Lipinski definition) is 10. The minimum Gasteiger partial charge on any atom is -0.479 e. The summed E-state index contributed by atoms with van der Waals surface area (Å²) in [6.07, 6.45) is 0.280. The van der Waals surface area contributed by atoms with Gasteiger partial charge in [0, 0.05) is 18.7 Å². The van der Waals surface area contributed by atoms with Crippen LogP contribution in [0.25, 0.3) is 0 Å². The van der Waals surface area contributed by atoms with Gasteiger partial charge in [0.2, 0.25) is 5.95 Å². The van der Waals surface area contributed by atoms with Crippen molar-refractivity contribution in [3.63, 3.8) is 0 Å². The number of aliphatic carboxylic acids is 1. The number of para-hydroxylation sites is 1. The number of anilines is 3. The maximum atomic E-state index is 12.9. The first kappa shape index (κ1) is 28.2. The quantitative estimate of drug-likeness (QED) is 0.264. The van der Waals surface area contributed by atoms with Gasteiger partial charge in [-0.25, -0.2) is 23.0 Å². The molecular weight excluding hydrogens is 512 g/mol. The molecule has 0 aliphatic heterocycles. The fourth-order valence-corrected chi connectivity index (χ4v) is 4.77. The Morgan fingerprint density at radius 1 is 1.08 bits per heavy atom. The molecule has 0 saturated heterocycles. The molecule has 0 fully saturated rings. The van der Waals surface area contributed by atoms with E-state index in [1.165, 1.54) is 37.4 Å². The largest absolute Gasteiger partial charge is 0.479 e. The molecule has 1 atom stereocenters. The predicted molar refractivity (Wildman–Crippen MR) is 143 cm³/mol. The van der Waals surface area contributed by atoms with E-state index in [4.69, 9.17) is 10.5 Å². The van der Waals surface area contributed by atoms with Crippen molar-refractivity contribution in [1.82, 2.24) is 9.97 Å². The second-order valence-corrected chi connectivity index (χ2v) is 10.3. The number of amides is 1. The Morgan fingerprint density at radius 3 is 2.32 bits per heavy atom. The fraction of sp³-hybridized carbons (Fsp3) is 0.280. The zero-order valence-electron chi connectivity index (χ0n) is 21.2. The zero-order chi connectivity index (χ0) is 27.9. The van der Waals surface area contributed by atoms with Gasteiger partial charge in [-0.05, 0) is 39.0 Å². The molecule has 38 heavy (non-hydrogen) atoms. The molecule has 3 rings (SSSR count). The number of nitrogens with two attached hydrogens (primary N) is 1. The molecule has 0 saturated carbocycles. The summed E-state index contributed by atoms with van der Waals surface area (Å²) in [4.78, 5) is 34.9. The maximum absolute atomic E-state index is 12.9. The van der Waals surface area contributed by atoms with E-state index in [0.29, 0.717) is 19.0 Å². The van der Waals surface area contributed by atoms with E-state index in [1.807, 2.05) is 18.7 Å². The van der Waals surface area contributed by atoms with Gasteiger partial charge < -0.3 is 31.1 Å². The molecule has 0 aliphatic rings. The second kappa shape index (κ2) is 11.8. The normalized spacial score (nSPS) is 12.7. The van der Waals surface area contributed by atoms with Crippen molar-refractivity contribution < 1.29 is 27.9 Å². The standard InChI is InChI=1S/C25H30N6O6S/c1-4-31(5-2)24-27-15-19(28-16-38(35,36)17-11-7-6-8-12-17)21(29-24)30-25(3,22(32)33)18-13-9-10-14-20(18)37-23(26)34/h6-15,28H,4-5,16H2,1-3H3,(H2,26,34)(H,32,33)(H,27,29,30). The van der Waals surface area contributed by atoms with Gasteiger partial charge in [0.05, 0.1) is 16.8 Å². The Morgan fingerprint density at radius 2 is 1.71 bits per heavy atom. The maximum Gasteiger partial charge on any atom is 0.409 e. The fourth-order valence-electron chi connectivity index (χ4n) is 3.69. The molecule has 0 bridgehead atoms. The summed E-state index contributed by atoms with van der Waals surface area (Å²) < 4.78 is 30.8. The monoisotopic (exact) mass is 542 g/mol. The van der Waals surface area contributed by atoms with E-state index in [-0.39, 0.29) is 27.7 Å². The SMILES string of the molecule is CCN(CC)c1ncc(NCS(=O)(=O)c2ccccc2)c(NC(C)(C(=O)O)c2ccccc2OC(N)=O)n1. The lowest BCUT2D eigenvalue weighted by molar-refractivity contribution is -0.142. The van der Waals surface area contributed by atoms with E-state index in [9.17, 15) is 23.1 Å². The number of hydrogen-bond donors (Lipinski definition) is 4.